The average Bonchev–Trinajstić information content (AvgIpc) is 3.38. The number of aromatic amines is 1. The summed E-state index contributed by atoms with van der Waals surface area (Å²) in [5, 5.41) is 0.906. The van der Waals surface area contributed by atoms with Crippen molar-refractivity contribution in [3.63, 3.8) is 0 Å². The Morgan fingerprint density at radius 3 is 2.75 bits per heavy atom. The van der Waals surface area contributed by atoms with Crippen LogP contribution >= 0.6 is 0 Å². The lowest BCUT2D eigenvalue weighted by Gasteiger charge is -2.24. The molecule has 0 aliphatic heterocycles. The van der Waals surface area contributed by atoms with Gasteiger partial charge in [-0.15, -0.1) is 0 Å². The van der Waals surface area contributed by atoms with Gasteiger partial charge in [-0.05, 0) is 48.9 Å². The van der Waals surface area contributed by atoms with Gasteiger partial charge in [-0.3, -0.25) is 19.1 Å². The number of aryl methyl sites for hydroxylation is 2. The number of amides is 1. The number of ether oxygens (including phenoxy) is 1. The first kappa shape index (κ1) is 21.9. The molecule has 2 heterocycles. The molecule has 0 fully saturated rings. The minimum Gasteiger partial charge on any atom is -0.464 e. The Morgan fingerprint density at radius 2 is 2.03 bits per heavy atom. The number of nitrogen functional groups attached to an aromatic ring is 1. The normalized spacial score (nSPS) is 12.9. The van der Waals surface area contributed by atoms with E-state index in [1.54, 1.807) is 6.26 Å². The van der Waals surface area contributed by atoms with E-state index in [2.05, 4.69) is 17.1 Å². The maximum Gasteiger partial charge on any atom is 0.330 e. The maximum atomic E-state index is 13.4. The van der Waals surface area contributed by atoms with Crippen molar-refractivity contribution in [3.05, 3.63) is 55.9 Å². The molecule has 9 heteroatoms. The number of nitrogens with one attached hydrogen (secondary N) is 1. The zero-order valence-corrected chi connectivity index (χ0v) is 18.4. The lowest BCUT2D eigenvalue weighted by molar-refractivity contribution is -0.118. The van der Waals surface area contributed by atoms with Crippen LogP contribution in [0, 0.1) is 0 Å². The van der Waals surface area contributed by atoms with Crippen LogP contribution in [0.4, 0.5) is 11.5 Å². The summed E-state index contributed by atoms with van der Waals surface area (Å²) in [7, 11) is 1.51. The molecule has 0 spiro atoms. The van der Waals surface area contributed by atoms with E-state index in [9.17, 15) is 14.4 Å². The minimum atomic E-state index is -0.695. The van der Waals surface area contributed by atoms with Crippen molar-refractivity contribution in [2.45, 2.75) is 45.6 Å². The van der Waals surface area contributed by atoms with Crippen LogP contribution in [-0.2, 0) is 35.3 Å². The van der Waals surface area contributed by atoms with Crippen molar-refractivity contribution in [1.82, 2.24) is 9.55 Å². The second-order valence-electron chi connectivity index (χ2n) is 8.09. The molecule has 170 valence electrons. The molecule has 4 rings (SSSR count). The highest BCUT2D eigenvalue weighted by Gasteiger charge is 2.25. The molecule has 3 aromatic rings. The smallest absolute Gasteiger partial charge is 0.330 e. The van der Waals surface area contributed by atoms with Gasteiger partial charge < -0.3 is 19.8 Å². The van der Waals surface area contributed by atoms with Crippen LogP contribution in [0.2, 0.25) is 0 Å². The molecule has 2 aromatic heterocycles. The van der Waals surface area contributed by atoms with Gasteiger partial charge in [0.1, 0.15) is 11.4 Å². The Kier molecular flexibility index (Phi) is 6.18. The summed E-state index contributed by atoms with van der Waals surface area (Å²) in [6.07, 6.45) is 5.46. The third-order valence-corrected chi connectivity index (χ3v) is 5.96. The molecule has 1 aliphatic carbocycles. The number of carbonyl (C=O) groups is 1. The van der Waals surface area contributed by atoms with Crippen LogP contribution in [0.1, 0.15) is 36.5 Å². The molecule has 0 unspecified atom stereocenters. The number of fused-ring (bicyclic) bond motifs is 2. The van der Waals surface area contributed by atoms with E-state index in [-0.39, 0.29) is 37.0 Å². The number of furan rings is 1. The molecule has 32 heavy (non-hydrogen) atoms. The maximum absolute atomic E-state index is 13.4. The Labute approximate surface area is 184 Å². The highest BCUT2D eigenvalue weighted by Crippen LogP contribution is 2.31. The number of benzene rings is 1. The SMILES string of the molecule is CCCn1c(N)c(N(CCOC)C(=O)Cc2coc3cc4c(cc23)CCC4)c(=O)[nH]c1=O. The topological polar surface area (TPSA) is 124 Å². The van der Waals surface area contributed by atoms with E-state index < -0.39 is 11.2 Å². The van der Waals surface area contributed by atoms with Gasteiger partial charge in [0.25, 0.3) is 5.56 Å². The predicted octanol–water partition coefficient (Wildman–Crippen LogP) is 1.99. The summed E-state index contributed by atoms with van der Waals surface area (Å²) in [6, 6.07) is 4.16. The number of hydrogen-bond acceptors (Lipinski definition) is 6. The van der Waals surface area contributed by atoms with E-state index in [0.717, 1.165) is 35.8 Å². The van der Waals surface area contributed by atoms with Crippen LogP contribution in [0.25, 0.3) is 11.0 Å². The van der Waals surface area contributed by atoms with Gasteiger partial charge >= 0.3 is 5.69 Å². The molecule has 0 saturated heterocycles. The largest absolute Gasteiger partial charge is 0.464 e. The number of aromatic nitrogens is 2. The molecule has 0 bridgehead atoms. The van der Waals surface area contributed by atoms with Gasteiger partial charge in [-0.1, -0.05) is 6.92 Å². The first-order valence-electron chi connectivity index (χ1n) is 10.9. The Morgan fingerprint density at radius 1 is 1.28 bits per heavy atom. The summed E-state index contributed by atoms with van der Waals surface area (Å²) < 4.78 is 12.1. The lowest BCUT2D eigenvalue weighted by Crippen LogP contribution is -2.43. The van der Waals surface area contributed by atoms with E-state index in [0.29, 0.717) is 13.0 Å². The van der Waals surface area contributed by atoms with Gasteiger partial charge in [0.15, 0.2) is 5.69 Å². The van der Waals surface area contributed by atoms with E-state index in [4.69, 9.17) is 14.9 Å². The first-order valence-corrected chi connectivity index (χ1v) is 10.9. The summed E-state index contributed by atoms with van der Waals surface area (Å²) >= 11 is 0. The zero-order valence-electron chi connectivity index (χ0n) is 18.4. The van der Waals surface area contributed by atoms with Crippen molar-refractivity contribution in [3.8, 4) is 0 Å². The van der Waals surface area contributed by atoms with Crippen molar-refractivity contribution >= 4 is 28.4 Å². The van der Waals surface area contributed by atoms with Crippen LogP contribution in [0.5, 0.6) is 0 Å². The lowest BCUT2D eigenvalue weighted by atomic mass is 10.0. The van der Waals surface area contributed by atoms with Crippen LogP contribution in [-0.4, -0.2) is 35.7 Å². The Bertz CT molecular complexity index is 1270. The molecule has 3 N–H and O–H groups in total. The second kappa shape index (κ2) is 9.04. The number of H-pyrrole nitrogens is 1. The third kappa shape index (κ3) is 3.95. The fourth-order valence-electron chi connectivity index (χ4n) is 4.37. The molecule has 0 atom stereocenters. The van der Waals surface area contributed by atoms with Gasteiger partial charge in [0.05, 0.1) is 19.3 Å². The van der Waals surface area contributed by atoms with Crippen LogP contribution < -0.4 is 21.9 Å². The third-order valence-electron chi connectivity index (χ3n) is 5.96. The number of carbonyl (C=O) groups excluding carboxylic acids is 1. The number of nitrogens with two attached hydrogens (primary N) is 1. The monoisotopic (exact) mass is 440 g/mol. The zero-order chi connectivity index (χ0) is 22.8. The fourth-order valence-corrected chi connectivity index (χ4v) is 4.37. The molecule has 1 amide bonds. The first-order chi connectivity index (χ1) is 15.4. The second-order valence-corrected chi connectivity index (χ2v) is 8.09. The van der Waals surface area contributed by atoms with E-state index in [1.165, 1.54) is 27.7 Å². The van der Waals surface area contributed by atoms with Crippen LogP contribution in [0.15, 0.2) is 32.4 Å². The minimum absolute atomic E-state index is 0.0278. The van der Waals surface area contributed by atoms with Crippen molar-refractivity contribution in [1.29, 1.82) is 0 Å². The van der Waals surface area contributed by atoms with Crippen molar-refractivity contribution in [2.75, 3.05) is 30.9 Å². The number of methoxy groups -OCH3 is 1. The highest BCUT2D eigenvalue weighted by molar-refractivity contribution is 5.99. The van der Waals surface area contributed by atoms with Gasteiger partial charge in [-0.2, -0.15) is 0 Å². The number of nitrogens with zero attached hydrogens (tertiary/aromatic N) is 2. The molecule has 9 nitrogen and oxygen atoms in total. The van der Waals surface area contributed by atoms with Crippen molar-refractivity contribution < 1.29 is 13.9 Å². The molecule has 0 saturated carbocycles. The number of rotatable bonds is 8. The molecule has 0 radical (unpaired) electrons. The highest BCUT2D eigenvalue weighted by atomic mass is 16.5. The fraction of sp³-hybridized carbons (Fsp3) is 0.435. The summed E-state index contributed by atoms with van der Waals surface area (Å²) in [5.41, 5.74) is 8.96. The predicted molar refractivity (Wildman–Crippen MR) is 122 cm³/mol. The molecular weight excluding hydrogens is 412 g/mol. The summed E-state index contributed by atoms with van der Waals surface area (Å²) in [4.78, 5) is 41.8. The molecular formula is C23H28N4O5. The van der Waals surface area contributed by atoms with E-state index >= 15 is 0 Å². The number of hydrogen-bond donors (Lipinski definition) is 2. The summed E-state index contributed by atoms with van der Waals surface area (Å²) in [6.45, 7) is 2.55. The Balaban J connectivity index is 1.71. The average molecular weight is 441 g/mol. The van der Waals surface area contributed by atoms with Crippen LogP contribution in [0.3, 0.4) is 0 Å². The molecule has 1 aliphatic rings. The quantitative estimate of drug-likeness (QED) is 0.552. The van der Waals surface area contributed by atoms with E-state index in [1.807, 2.05) is 6.92 Å². The molecule has 1 aromatic carbocycles. The standard InChI is InChI=1S/C23H28N4O5/c1-3-7-27-21(24)20(22(29)25-23(27)30)26(8-9-31-2)19(28)12-16-13-32-18-11-15-6-4-5-14(15)10-17(16)18/h10-11,13H,3-9,12,24H2,1-2H3,(H,25,29,30). The van der Waals surface area contributed by atoms with Gasteiger partial charge in [0.2, 0.25) is 5.91 Å². The van der Waals surface area contributed by atoms with Gasteiger partial charge in [-0.25, -0.2) is 4.79 Å². The van der Waals surface area contributed by atoms with Gasteiger partial charge in [0, 0.05) is 31.1 Å². The van der Waals surface area contributed by atoms with Crippen molar-refractivity contribution in [2.24, 2.45) is 0 Å². The Hall–Kier alpha value is -3.33. The number of anilines is 2. The summed E-state index contributed by atoms with van der Waals surface area (Å²) in [5.74, 6) is -0.357.